The van der Waals surface area contributed by atoms with Crippen molar-refractivity contribution < 1.29 is 14.3 Å². The Kier molecular flexibility index (Phi) is 5.84. The lowest BCUT2D eigenvalue weighted by atomic mass is 10.2. The SMILES string of the molecule is CCCN(CCO)Cc1cc(C)c(C(=O)NN)o1. The molecule has 4 N–H and O–H groups in total. The second-order valence-corrected chi connectivity index (χ2v) is 4.20. The average Bonchev–Trinajstić information content (AvgIpc) is 2.70. The summed E-state index contributed by atoms with van der Waals surface area (Å²) in [6.45, 7) is 6.02. The second-order valence-electron chi connectivity index (χ2n) is 4.20. The number of nitrogen functional groups attached to an aromatic ring is 1. The summed E-state index contributed by atoms with van der Waals surface area (Å²) in [4.78, 5) is 13.5. The van der Waals surface area contributed by atoms with Gasteiger partial charge in [-0.15, -0.1) is 0 Å². The summed E-state index contributed by atoms with van der Waals surface area (Å²) >= 11 is 0. The van der Waals surface area contributed by atoms with Gasteiger partial charge in [-0.25, -0.2) is 5.84 Å². The lowest BCUT2D eigenvalue weighted by Gasteiger charge is -2.18. The molecule has 6 heteroatoms. The van der Waals surface area contributed by atoms with Gasteiger partial charge in [-0.2, -0.15) is 0 Å². The number of aryl methyl sites for hydroxylation is 1. The first kappa shape index (κ1) is 14.7. The highest BCUT2D eigenvalue weighted by molar-refractivity contribution is 5.92. The van der Waals surface area contributed by atoms with Crippen LogP contribution in [-0.2, 0) is 6.54 Å². The van der Waals surface area contributed by atoms with Crippen LogP contribution in [0.2, 0.25) is 0 Å². The van der Waals surface area contributed by atoms with Crippen LogP contribution in [0.15, 0.2) is 10.5 Å². The van der Waals surface area contributed by atoms with Crippen molar-refractivity contribution in [2.75, 3.05) is 19.7 Å². The maximum atomic E-state index is 11.4. The molecule has 1 aromatic rings. The van der Waals surface area contributed by atoms with Gasteiger partial charge in [0.1, 0.15) is 5.76 Å². The molecule has 0 radical (unpaired) electrons. The van der Waals surface area contributed by atoms with Crippen molar-refractivity contribution in [3.63, 3.8) is 0 Å². The van der Waals surface area contributed by atoms with E-state index < -0.39 is 5.91 Å². The third kappa shape index (κ3) is 3.83. The number of nitrogens with two attached hydrogens (primary N) is 1. The zero-order valence-electron chi connectivity index (χ0n) is 10.9. The number of nitrogens with zero attached hydrogens (tertiary/aromatic N) is 1. The topological polar surface area (TPSA) is 91.7 Å². The molecule has 1 aromatic heterocycles. The molecule has 0 unspecified atom stereocenters. The minimum atomic E-state index is -0.428. The van der Waals surface area contributed by atoms with Gasteiger partial charge in [-0.05, 0) is 26.0 Å². The van der Waals surface area contributed by atoms with Crippen LogP contribution in [0.5, 0.6) is 0 Å². The monoisotopic (exact) mass is 255 g/mol. The molecule has 0 atom stereocenters. The van der Waals surface area contributed by atoms with Gasteiger partial charge in [0.05, 0.1) is 13.2 Å². The van der Waals surface area contributed by atoms with Gasteiger partial charge in [0, 0.05) is 12.1 Å². The molecular weight excluding hydrogens is 234 g/mol. The van der Waals surface area contributed by atoms with Gasteiger partial charge < -0.3 is 9.52 Å². The van der Waals surface area contributed by atoms with Gasteiger partial charge in [-0.1, -0.05) is 6.92 Å². The summed E-state index contributed by atoms with van der Waals surface area (Å²) in [5, 5.41) is 8.97. The number of aliphatic hydroxyl groups excluding tert-OH is 1. The van der Waals surface area contributed by atoms with Crippen molar-refractivity contribution in [1.82, 2.24) is 10.3 Å². The van der Waals surface area contributed by atoms with Crippen LogP contribution in [0, 0.1) is 6.92 Å². The Morgan fingerprint density at radius 3 is 2.83 bits per heavy atom. The fourth-order valence-electron chi connectivity index (χ4n) is 1.86. The zero-order chi connectivity index (χ0) is 13.5. The third-order valence-corrected chi connectivity index (χ3v) is 2.64. The summed E-state index contributed by atoms with van der Waals surface area (Å²) < 4.78 is 5.47. The Morgan fingerprint density at radius 1 is 1.56 bits per heavy atom. The van der Waals surface area contributed by atoms with E-state index in [1.165, 1.54) is 0 Å². The molecule has 102 valence electrons. The highest BCUT2D eigenvalue weighted by atomic mass is 16.4. The summed E-state index contributed by atoms with van der Waals surface area (Å²) in [5.74, 6) is 5.59. The predicted octanol–water partition coefficient (Wildman–Crippen LogP) is 0.396. The van der Waals surface area contributed by atoms with Crippen molar-refractivity contribution in [3.05, 3.63) is 23.2 Å². The standard InChI is InChI=1S/C12H21N3O3/c1-3-4-15(5-6-16)8-10-7-9(2)11(18-10)12(17)14-13/h7,16H,3-6,8,13H2,1-2H3,(H,14,17). The van der Waals surface area contributed by atoms with Crippen LogP contribution in [0.3, 0.4) is 0 Å². The molecule has 0 spiro atoms. The molecule has 0 saturated heterocycles. The van der Waals surface area contributed by atoms with Crippen LogP contribution < -0.4 is 11.3 Å². The minimum Gasteiger partial charge on any atom is -0.454 e. The number of hydrogen-bond donors (Lipinski definition) is 3. The second kappa shape index (κ2) is 7.15. The van der Waals surface area contributed by atoms with E-state index in [-0.39, 0.29) is 12.4 Å². The van der Waals surface area contributed by atoms with Gasteiger partial charge in [0.2, 0.25) is 0 Å². The number of rotatable bonds is 7. The first-order valence-corrected chi connectivity index (χ1v) is 6.05. The van der Waals surface area contributed by atoms with Crippen molar-refractivity contribution >= 4 is 5.91 Å². The lowest BCUT2D eigenvalue weighted by Crippen LogP contribution is -2.30. The van der Waals surface area contributed by atoms with Crippen LogP contribution in [-0.4, -0.2) is 35.6 Å². The number of carbonyl (C=O) groups excluding carboxylic acids is 1. The Balaban J connectivity index is 2.74. The maximum absolute atomic E-state index is 11.4. The number of carbonyl (C=O) groups is 1. The first-order valence-electron chi connectivity index (χ1n) is 6.05. The molecule has 18 heavy (non-hydrogen) atoms. The average molecular weight is 255 g/mol. The fourth-order valence-corrected chi connectivity index (χ4v) is 1.86. The Labute approximate surface area is 107 Å². The molecule has 0 aliphatic rings. The molecule has 0 aliphatic heterocycles. The van der Waals surface area contributed by atoms with Crippen molar-refractivity contribution in [3.8, 4) is 0 Å². The number of aliphatic hydroxyl groups is 1. The number of hydrazine groups is 1. The third-order valence-electron chi connectivity index (χ3n) is 2.64. The van der Waals surface area contributed by atoms with Crippen molar-refractivity contribution in [2.24, 2.45) is 5.84 Å². The van der Waals surface area contributed by atoms with E-state index in [0.717, 1.165) is 18.5 Å². The molecule has 1 amide bonds. The van der Waals surface area contributed by atoms with Crippen LogP contribution in [0.4, 0.5) is 0 Å². The molecule has 0 aromatic carbocycles. The molecule has 0 bridgehead atoms. The first-order chi connectivity index (χ1) is 8.62. The van der Waals surface area contributed by atoms with Gasteiger partial charge in [0.25, 0.3) is 0 Å². The number of furan rings is 1. The largest absolute Gasteiger partial charge is 0.454 e. The number of nitrogens with one attached hydrogen (secondary N) is 1. The predicted molar refractivity (Wildman–Crippen MR) is 67.8 cm³/mol. The van der Waals surface area contributed by atoms with Crippen molar-refractivity contribution in [2.45, 2.75) is 26.8 Å². The molecule has 0 saturated carbocycles. The van der Waals surface area contributed by atoms with Gasteiger partial charge in [-0.3, -0.25) is 15.1 Å². The van der Waals surface area contributed by atoms with Crippen LogP contribution in [0.25, 0.3) is 0 Å². The summed E-state index contributed by atoms with van der Waals surface area (Å²) in [6.07, 6.45) is 0.996. The van der Waals surface area contributed by atoms with E-state index >= 15 is 0 Å². The van der Waals surface area contributed by atoms with Gasteiger partial charge >= 0.3 is 5.91 Å². The lowest BCUT2D eigenvalue weighted by molar-refractivity contribution is 0.0920. The Morgan fingerprint density at radius 2 is 2.28 bits per heavy atom. The molecule has 0 fully saturated rings. The molecule has 0 aliphatic carbocycles. The molecule has 1 rings (SSSR count). The van der Waals surface area contributed by atoms with E-state index in [4.69, 9.17) is 15.4 Å². The quantitative estimate of drug-likeness (QED) is 0.372. The van der Waals surface area contributed by atoms with E-state index in [0.29, 0.717) is 18.8 Å². The van der Waals surface area contributed by atoms with E-state index in [1.54, 1.807) is 6.92 Å². The number of hydrogen-bond acceptors (Lipinski definition) is 5. The zero-order valence-corrected chi connectivity index (χ0v) is 10.9. The number of amides is 1. The highest BCUT2D eigenvalue weighted by Gasteiger charge is 2.16. The van der Waals surface area contributed by atoms with Crippen molar-refractivity contribution in [1.29, 1.82) is 0 Å². The summed E-state index contributed by atoms with van der Waals surface area (Å²) in [7, 11) is 0. The smallest absolute Gasteiger partial charge is 0.301 e. The fraction of sp³-hybridized carbons (Fsp3) is 0.583. The highest BCUT2D eigenvalue weighted by Crippen LogP contribution is 2.16. The Hall–Kier alpha value is -1.37. The molecule has 1 heterocycles. The van der Waals surface area contributed by atoms with E-state index in [9.17, 15) is 4.79 Å². The van der Waals surface area contributed by atoms with Crippen LogP contribution >= 0.6 is 0 Å². The maximum Gasteiger partial charge on any atom is 0.301 e. The molecule has 6 nitrogen and oxygen atoms in total. The summed E-state index contributed by atoms with van der Waals surface area (Å²) in [5.41, 5.74) is 2.81. The minimum absolute atomic E-state index is 0.107. The Bertz CT molecular complexity index is 384. The van der Waals surface area contributed by atoms with Gasteiger partial charge in [0.15, 0.2) is 5.76 Å². The van der Waals surface area contributed by atoms with Crippen LogP contribution in [0.1, 0.15) is 35.2 Å². The summed E-state index contributed by atoms with van der Waals surface area (Å²) in [6, 6.07) is 1.82. The van der Waals surface area contributed by atoms with E-state index in [1.807, 2.05) is 6.07 Å². The van der Waals surface area contributed by atoms with E-state index in [2.05, 4.69) is 17.2 Å². The normalized spacial score (nSPS) is 10.9. The molecular formula is C12H21N3O3.